The monoisotopic (exact) mass is 216 g/mol. The molecule has 0 N–H and O–H groups in total. The lowest BCUT2D eigenvalue weighted by molar-refractivity contribution is -0.126. The average Bonchev–Trinajstić information content (AvgIpc) is 2.78. The molecular weight excluding hydrogens is 200 g/mol. The van der Waals surface area contributed by atoms with Crippen molar-refractivity contribution in [3.8, 4) is 0 Å². The van der Waals surface area contributed by atoms with Crippen molar-refractivity contribution in [3.05, 3.63) is 42.2 Å². The summed E-state index contributed by atoms with van der Waals surface area (Å²) in [7, 11) is 0. The van der Waals surface area contributed by atoms with Crippen LogP contribution in [-0.4, -0.2) is 22.3 Å². The molecule has 1 atom stereocenters. The van der Waals surface area contributed by atoms with Crippen LogP contribution in [0.3, 0.4) is 0 Å². The van der Waals surface area contributed by atoms with E-state index in [0.29, 0.717) is 0 Å². The highest BCUT2D eigenvalue weighted by Gasteiger charge is 2.28. The van der Waals surface area contributed by atoms with Crippen molar-refractivity contribution in [1.82, 2.24) is 9.88 Å². The second-order valence-electron chi connectivity index (χ2n) is 4.13. The van der Waals surface area contributed by atoms with Gasteiger partial charge in [-0.05, 0) is 37.5 Å². The summed E-state index contributed by atoms with van der Waals surface area (Å²) in [5, 5.41) is 0. The van der Waals surface area contributed by atoms with Gasteiger partial charge in [0.05, 0.1) is 6.04 Å². The molecule has 3 heteroatoms. The second-order valence-corrected chi connectivity index (χ2v) is 4.13. The molecule has 1 aliphatic rings. The summed E-state index contributed by atoms with van der Waals surface area (Å²) in [6.45, 7) is 6.33. The first-order chi connectivity index (χ1) is 7.72. The number of likely N-dealkylation sites (tertiary alicyclic amines) is 1. The Hall–Kier alpha value is -1.64. The Balaban J connectivity index is 2.22. The topological polar surface area (TPSA) is 33.2 Å². The number of rotatable bonds is 2. The molecule has 2 heterocycles. The molecular formula is C13H16N2O. The molecule has 16 heavy (non-hydrogen) atoms. The summed E-state index contributed by atoms with van der Waals surface area (Å²) < 4.78 is 0. The van der Waals surface area contributed by atoms with E-state index in [1.54, 1.807) is 0 Å². The maximum absolute atomic E-state index is 11.7. The van der Waals surface area contributed by atoms with E-state index < -0.39 is 0 Å². The lowest BCUT2D eigenvalue weighted by Gasteiger charge is -2.23. The first-order valence-electron chi connectivity index (χ1n) is 5.58. The fourth-order valence-corrected chi connectivity index (χ4v) is 2.17. The average molecular weight is 216 g/mol. The minimum atomic E-state index is 0.0167. The molecule has 0 spiro atoms. The first-order valence-corrected chi connectivity index (χ1v) is 5.58. The Kier molecular flexibility index (Phi) is 3.04. The molecule has 1 aliphatic heterocycles. The fourth-order valence-electron chi connectivity index (χ4n) is 2.17. The van der Waals surface area contributed by atoms with E-state index in [1.165, 1.54) is 6.08 Å². The molecule has 0 bridgehead atoms. The summed E-state index contributed by atoms with van der Waals surface area (Å²) in [6.07, 6.45) is 5.33. The molecule has 1 unspecified atom stereocenters. The minimum absolute atomic E-state index is 0.0167. The Morgan fingerprint density at radius 3 is 3.06 bits per heavy atom. The molecule has 0 aromatic carbocycles. The summed E-state index contributed by atoms with van der Waals surface area (Å²) in [5.74, 6) is 0.0167. The molecule has 84 valence electrons. The summed E-state index contributed by atoms with van der Waals surface area (Å²) >= 11 is 0. The normalized spacial score (nSPS) is 19.8. The molecule has 2 rings (SSSR count). The smallest absolute Gasteiger partial charge is 0.246 e. The molecule has 0 aliphatic carbocycles. The van der Waals surface area contributed by atoms with Gasteiger partial charge >= 0.3 is 0 Å². The van der Waals surface area contributed by atoms with Gasteiger partial charge in [-0.25, -0.2) is 0 Å². The van der Waals surface area contributed by atoms with Crippen LogP contribution in [0.1, 0.15) is 30.1 Å². The van der Waals surface area contributed by atoms with E-state index in [0.717, 1.165) is 30.6 Å². The van der Waals surface area contributed by atoms with Crippen molar-refractivity contribution in [2.24, 2.45) is 0 Å². The van der Waals surface area contributed by atoms with E-state index in [-0.39, 0.29) is 11.9 Å². The van der Waals surface area contributed by atoms with Gasteiger partial charge in [-0.15, -0.1) is 0 Å². The van der Waals surface area contributed by atoms with Gasteiger partial charge < -0.3 is 4.90 Å². The molecule has 1 saturated heterocycles. The molecule has 1 aromatic heterocycles. The third kappa shape index (κ3) is 1.98. The third-order valence-corrected chi connectivity index (χ3v) is 3.03. The maximum Gasteiger partial charge on any atom is 0.246 e. The highest BCUT2D eigenvalue weighted by Crippen LogP contribution is 2.31. The van der Waals surface area contributed by atoms with Gasteiger partial charge in [0.2, 0.25) is 5.91 Å². The molecule has 0 radical (unpaired) electrons. The van der Waals surface area contributed by atoms with Crippen LogP contribution in [0.5, 0.6) is 0 Å². The van der Waals surface area contributed by atoms with Crippen LogP contribution in [0.15, 0.2) is 31.0 Å². The third-order valence-electron chi connectivity index (χ3n) is 3.03. The SMILES string of the molecule is C=CC(=O)N1CCCC1c1ccc(C)nc1. The highest BCUT2D eigenvalue weighted by atomic mass is 16.2. The second kappa shape index (κ2) is 4.47. The number of amides is 1. The van der Waals surface area contributed by atoms with Crippen LogP contribution >= 0.6 is 0 Å². The number of carbonyl (C=O) groups excluding carboxylic acids is 1. The van der Waals surface area contributed by atoms with Gasteiger partial charge in [-0.3, -0.25) is 9.78 Å². The number of nitrogens with zero attached hydrogens (tertiary/aromatic N) is 2. The van der Waals surface area contributed by atoms with Crippen molar-refractivity contribution >= 4 is 5.91 Å². The molecule has 1 amide bonds. The zero-order valence-electron chi connectivity index (χ0n) is 9.52. The Bertz CT molecular complexity index is 397. The van der Waals surface area contributed by atoms with Gasteiger partial charge in [-0.1, -0.05) is 12.6 Å². The minimum Gasteiger partial charge on any atom is -0.332 e. The van der Waals surface area contributed by atoms with Gasteiger partial charge in [0.1, 0.15) is 0 Å². The summed E-state index contributed by atoms with van der Waals surface area (Å²) in [5.41, 5.74) is 2.13. The van der Waals surface area contributed by atoms with Crippen LogP contribution in [0.25, 0.3) is 0 Å². The number of hydrogen-bond acceptors (Lipinski definition) is 2. The number of aryl methyl sites for hydroxylation is 1. The maximum atomic E-state index is 11.7. The Labute approximate surface area is 95.8 Å². The molecule has 1 aromatic rings. The van der Waals surface area contributed by atoms with Crippen molar-refractivity contribution < 1.29 is 4.79 Å². The van der Waals surface area contributed by atoms with Crippen LogP contribution in [0.2, 0.25) is 0 Å². The summed E-state index contributed by atoms with van der Waals surface area (Å²) in [4.78, 5) is 17.8. The van der Waals surface area contributed by atoms with Crippen molar-refractivity contribution in [3.63, 3.8) is 0 Å². The van der Waals surface area contributed by atoms with Gasteiger partial charge in [-0.2, -0.15) is 0 Å². The molecule has 0 saturated carbocycles. The van der Waals surface area contributed by atoms with Crippen molar-refractivity contribution in [1.29, 1.82) is 0 Å². The van der Waals surface area contributed by atoms with Crippen molar-refractivity contribution in [2.75, 3.05) is 6.54 Å². The van der Waals surface area contributed by atoms with E-state index in [1.807, 2.05) is 24.1 Å². The fraction of sp³-hybridized carbons (Fsp3) is 0.385. The Morgan fingerprint density at radius 1 is 1.62 bits per heavy atom. The number of hydrogen-bond donors (Lipinski definition) is 0. The van der Waals surface area contributed by atoms with Crippen molar-refractivity contribution in [2.45, 2.75) is 25.8 Å². The van der Waals surface area contributed by atoms with Gasteiger partial charge in [0, 0.05) is 18.4 Å². The first kappa shape index (κ1) is 10.9. The lowest BCUT2D eigenvalue weighted by atomic mass is 10.1. The van der Waals surface area contributed by atoms with Crippen LogP contribution in [0, 0.1) is 6.92 Å². The standard InChI is InChI=1S/C13H16N2O/c1-3-13(16)15-8-4-5-12(15)11-7-6-10(2)14-9-11/h3,6-7,9,12H,1,4-5,8H2,2H3. The van der Waals surface area contributed by atoms with Gasteiger partial charge in [0.25, 0.3) is 0 Å². The predicted octanol–water partition coefficient (Wildman–Crippen LogP) is 2.24. The van der Waals surface area contributed by atoms with Gasteiger partial charge in [0.15, 0.2) is 0 Å². The van der Waals surface area contributed by atoms with E-state index in [4.69, 9.17) is 0 Å². The van der Waals surface area contributed by atoms with Crippen LogP contribution < -0.4 is 0 Å². The Morgan fingerprint density at radius 2 is 2.44 bits per heavy atom. The highest BCUT2D eigenvalue weighted by molar-refractivity contribution is 5.87. The van der Waals surface area contributed by atoms with E-state index in [9.17, 15) is 4.79 Å². The zero-order chi connectivity index (χ0) is 11.5. The zero-order valence-corrected chi connectivity index (χ0v) is 9.52. The lowest BCUT2D eigenvalue weighted by Crippen LogP contribution is -2.28. The number of aromatic nitrogens is 1. The van der Waals surface area contributed by atoms with E-state index >= 15 is 0 Å². The molecule has 3 nitrogen and oxygen atoms in total. The molecule has 1 fully saturated rings. The van der Waals surface area contributed by atoms with Crippen LogP contribution in [-0.2, 0) is 4.79 Å². The predicted molar refractivity (Wildman–Crippen MR) is 62.9 cm³/mol. The largest absolute Gasteiger partial charge is 0.332 e. The quantitative estimate of drug-likeness (QED) is 0.710. The van der Waals surface area contributed by atoms with E-state index in [2.05, 4.69) is 17.6 Å². The number of carbonyl (C=O) groups is 1. The number of pyridine rings is 1. The summed E-state index contributed by atoms with van der Waals surface area (Å²) in [6, 6.07) is 4.23. The van der Waals surface area contributed by atoms with Crippen LogP contribution in [0.4, 0.5) is 0 Å².